The highest BCUT2D eigenvalue weighted by Crippen LogP contribution is 2.24. The number of rotatable bonds is 7. The van der Waals surface area contributed by atoms with Gasteiger partial charge >= 0.3 is 0 Å². The van der Waals surface area contributed by atoms with Crippen LogP contribution in [0.2, 0.25) is 0 Å². The van der Waals surface area contributed by atoms with Crippen molar-refractivity contribution in [3.8, 4) is 5.75 Å². The van der Waals surface area contributed by atoms with Crippen molar-refractivity contribution in [1.29, 1.82) is 0 Å². The molecule has 108 valence electrons. The molecule has 2 aromatic rings. The van der Waals surface area contributed by atoms with Gasteiger partial charge in [0.1, 0.15) is 5.75 Å². The van der Waals surface area contributed by atoms with Gasteiger partial charge in [-0.15, -0.1) is 11.3 Å². The zero-order valence-electron chi connectivity index (χ0n) is 11.6. The first-order valence-corrected chi connectivity index (χ1v) is 8.46. The lowest BCUT2D eigenvalue weighted by atomic mass is 10.0. The molecule has 0 aliphatic carbocycles. The van der Waals surface area contributed by atoms with Gasteiger partial charge in [-0.2, -0.15) is 0 Å². The molecule has 0 spiro atoms. The van der Waals surface area contributed by atoms with E-state index < -0.39 is 0 Å². The standard InChI is InChI=1S/C16H20BrNOS/c1-19-16-8-7-13(17)10-12(16)11-14(18)4-2-5-15-6-3-9-20-15/h3,6-10,14H,2,4-5,11,18H2,1H3. The summed E-state index contributed by atoms with van der Waals surface area (Å²) in [6, 6.07) is 10.5. The summed E-state index contributed by atoms with van der Waals surface area (Å²) >= 11 is 5.32. The number of aryl methyl sites for hydroxylation is 1. The van der Waals surface area contributed by atoms with E-state index in [1.165, 1.54) is 10.4 Å². The van der Waals surface area contributed by atoms with Crippen LogP contribution in [-0.2, 0) is 12.8 Å². The highest BCUT2D eigenvalue weighted by molar-refractivity contribution is 9.10. The van der Waals surface area contributed by atoms with Gasteiger partial charge in [0.05, 0.1) is 7.11 Å². The van der Waals surface area contributed by atoms with E-state index >= 15 is 0 Å². The molecule has 2 rings (SSSR count). The number of hydrogen-bond donors (Lipinski definition) is 1. The molecule has 1 aromatic heterocycles. The topological polar surface area (TPSA) is 35.2 Å². The van der Waals surface area contributed by atoms with Crippen molar-refractivity contribution in [3.05, 3.63) is 50.6 Å². The quantitative estimate of drug-likeness (QED) is 0.799. The zero-order chi connectivity index (χ0) is 14.4. The molecule has 0 saturated heterocycles. The van der Waals surface area contributed by atoms with Gasteiger partial charge in [-0.25, -0.2) is 0 Å². The second-order valence-corrected chi connectivity index (χ2v) is 6.84. The molecule has 0 aliphatic heterocycles. The Morgan fingerprint density at radius 3 is 2.90 bits per heavy atom. The molecule has 0 aliphatic rings. The molecule has 0 saturated carbocycles. The van der Waals surface area contributed by atoms with E-state index in [2.05, 4.69) is 39.5 Å². The van der Waals surface area contributed by atoms with Crippen molar-refractivity contribution in [2.75, 3.05) is 7.11 Å². The van der Waals surface area contributed by atoms with E-state index in [1.807, 2.05) is 23.5 Å². The smallest absolute Gasteiger partial charge is 0.122 e. The Balaban J connectivity index is 1.84. The predicted molar refractivity (Wildman–Crippen MR) is 89.6 cm³/mol. The maximum absolute atomic E-state index is 6.25. The van der Waals surface area contributed by atoms with Crippen LogP contribution in [0.1, 0.15) is 23.3 Å². The monoisotopic (exact) mass is 353 g/mol. The summed E-state index contributed by atoms with van der Waals surface area (Å²) in [5.41, 5.74) is 7.42. The van der Waals surface area contributed by atoms with Crippen molar-refractivity contribution in [1.82, 2.24) is 0 Å². The van der Waals surface area contributed by atoms with Crippen molar-refractivity contribution in [2.24, 2.45) is 5.73 Å². The third-order valence-corrected chi connectivity index (χ3v) is 4.73. The third kappa shape index (κ3) is 4.62. The minimum Gasteiger partial charge on any atom is -0.496 e. The highest BCUT2D eigenvalue weighted by Gasteiger charge is 2.09. The molecule has 0 fully saturated rings. The molecule has 1 aromatic carbocycles. The molecule has 2 nitrogen and oxygen atoms in total. The Hall–Kier alpha value is -0.840. The minimum absolute atomic E-state index is 0.179. The van der Waals surface area contributed by atoms with Crippen molar-refractivity contribution in [3.63, 3.8) is 0 Å². The summed E-state index contributed by atoms with van der Waals surface area (Å²) in [7, 11) is 1.70. The summed E-state index contributed by atoms with van der Waals surface area (Å²) in [6.07, 6.45) is 4.15. The molecule has 2 N–H and O–H groups in total. The molecule has 0 radical (unpaired) electrons. The Bertz CT molecular complexity index is 527. The van der Waals surface area contributed by atoms with Crippen LogP contribution in [0.3, 0.4) is 0 Å². The van der Waals surface area contributed by atoms with Gasteiger partial charge in [0.25, 0.3) is 0 Å². The fourth-order valence-electron chi connectivity index (χ4n) is 2.28. The average molecular weight is 354 g/mol. The van der Waals surface area contributed by atoms with Gasteiger partial charge in [0, 0.05) is 15.4 Å². The van der Waals surface area contributed by atoms with E-state index in [4.69, 9.17) is 10.5 Å². The number of thiophene rings is 1. The van der Waals surface area contributed by atoms with Crippen LogP contribution < -0.4 is 10.5 Å². The normalized spacial score (nSPS) is 12.3. The van der Waals surface area contributed by atoms with Gasteiger partial charge in [-0.3, -0.25) is 0 Å². The Labute approximate surface area is 133 Å². The molecular formula is C16H20BrNOS. The lowest BCUT2D eigenvalue weighted by Gasteiger charge is -2.14. The SMILES string of the molecule is COc1ccc(Br)cc1CC(N)CCCc1cccs1. The number of nitrogens with two attached hydrogens (primary N) is 1. The molecule has 4 heteroatoms. The average Bonchev–Trinajstić information content (AvgIpc) is 2.92. The van der Waals surface area contributed by atoms with E-state index in [0.717, 1.165) is 35.9 Å². The number of ether oxygens (including phenoxy) is 1. The van der Waals surface area contributed by atoms with E-state index in [1.54, 1.807) is 7.11 Å². The van der Waals surface area contributed by atoms with Crippen LogP contribution >= 0.6 is 27.3 Å². The molecule has 1 heterocycles. The molecule has 20 heavy (non-hydrogen) atoms. The summed E-state index contributed by atoms with van der Waals surface area (Å²) in [5, 5.41) is 2.13. The van der Waals surface area contributed by atoms with Gasteiger partial charge < -0.3 is 10.5 Å². The van der Waals surface area contributed by atoms with E-state index in [0.29, 0.717) is 0 Å². The summed E-state index contributed by atoms with van der Waals surface area (Å²) in [4.78, 5) is 1.44. The Kier molecular flexibility index (Phi) is 6.07. The first kappa shape index (κ1) is 15.5. The second-order valence-electron chi connectivity index (χ2n) is 4.89. The van der Waals surface area contributed by atoms with Gasteiger partial charge in [-0.05, 0) is 60.9 Å². The number of benzene rings is 1. The fourth-order valence-corrected chi connectivity index (χ4v) is 3.44. The molecule has 0 bridgehead atoms. The van der Waals surface area contributed by atoms with Gasteiger partial charge in [-0.1, -0.05) is 22.0 Å². The first-order valence-electron chi connectivity index (χ1n) is 6.79. The van der Waals surface area contributed by atoms with Crippen LogP contribution in [0.15, 0.2) is 40.2 Å². The van der Waals surface area contributed by atoms with E-state index in [9.17, 15) is 0 Å². The summed E-state index contributed by atoms with van der Waals surface area (Å²) < 4.78 is 6.46. The number of methoxy groups -OCH3 is 1. The Morgan fingerprint density at radius 2 is 2.20 bits per heavy atom. The van der Waals surface area contributed by atoms with Crippen LogP contribution in [0.5, 0.6) is 5.75 Å². The fraction of sp³-hybridized carbons (Fsp3) is 0.375. The second kappa shape index (κ2) is 7.81. The minimum atomic E-state index is 0.179. The van der Waals surface area contributed by atoms with Crippen LogP contribution in [0.4, 0.5) is 0 Å². The Morgan fingerprint density at radius 1 is 1.35 bits per heavy atom. The predicted octanol–water partition coefficient (Wildman–Crippen LogP) is 4.41. The molecular weight excluding hydrogens is 334 g/mol. The molecule has 1 atom stereocenters. The summed E-state index contributed by atoms with van der Waals surface area (Å²) in [6.45, 7) is 0. The number of hydrogen-bond acceptors (Lipinski definition) is 3. The van der Waals surface area contributed by atoms with Crippen LogP contribution in [-0.4, -0.2) is 13.2 Å². The van der Waals surface area contributed by atoms with E-state index in [-0.39, 0.29) is 6.04 Å². The number of halogens is 1. The largest absolute Gasteiger partial charge is 0.496 e. The van der Waals surface area contributed by atoms with Gasteiger partial charge in [0.2, 0.25) is 0 Å². The molecule has 0 amide bonds. The maximum Gasteiger partial charge on any atom is 0.122 e. The van der Waals surface area contributed by atoms with Crippen molar-refractivity contribution in [2.45, 2.75) is 31.7 Å². The lowest BCUT2D eigenvalue weighted by Crippen LogP contribution is -2.23. The maximum atomic E-state index is 6.25. The zero-order valence-corrected chi connectivity index (χ0v) is 14.0. The van der Waals surface area contributed by atoms with Crippen molar-refractivity contribution < 1.29 is 4.74 Å². The molecule has 1 unspecified atom stereocenters. The highest BCUT2D eigenvalue weighted by atomic mass is 79.9. The lowest BCUT2D eigenvalue weighted by molar-refractivity contribution is 0.407. The third-order valence-electron chi connectivity index (χ3n) is 3.30. The van der Waals surface area contributed by atoms with Crippen molar-refractivity contribution >= 4 is 27.3 Å². The first-order chi connectivity index (χ1) is 9.69. The van der Waals surface area contributed by atoms with Crippen LogP contribution in [0, 0.1) is 0 Å². The van der Waals surface area contributed by atoms with Crippen LogP contribution in [0.25, 0.3) is 0 Å². The van der Waals surface area contributed by atoms with Gasteiger partial charge in [0.15, 0.2) is 0 Å². The summed E-state index contributed by atoms with van der Waals surface area (Å²) in [5.74, 6) is 0.918.